The van der Waals surface area contributed by atoms with Crippen molar-refractivity contribution in [1.82, 2.24) is 15.6 Å². The van der Waals surface area contributed by atoms with E-state index in [-0.39, 0.29) is 10.5 Å². The Morgan fingerprint density at radius 1 is 1.05 bits per heavy atom. The molecule has 0 unspecified atom stereocenters. The molecular formula is C13H13N3O4S2. The van der Waals surface area contributed by atoms with Crippen molar-refractivity contribution in [3.05, 3.63) is 52.2 Å². The van der Waals surface area contributed by atoms with Gasteiger partial charge in [-0.05, 0) is 36.7 Å². The van der Waals surface area contributed by atoms with Gasteiger partial charge in [0.2, 0.25) is 10.0 Å². The summed E-state index contributed by atoms with van der Waals surface area (Å²) in [6.45, 7) is 0. The van der Waals surface area contributed by atoms with E-state index in [1.54, 1.807) is 17.5 Å². The zero-order valence-electron chi connectivity index (χ0n) is 11.5. The van der Waals surface area contributed by atoms with Crippen LogP contribution >= 0.6 is 11.3 Å². The molecule has 0 aliphatic heterocycles. The van der Waals surface area contributed by atoms with Crippen LogP contribution in [0.3, 0.4) is 0 Å². The zero-order chi connectivity index (χ0) is 16.2. The molecule has 22 heavy (non-hydrogen) atoms. The van der Waals surface area contributed by atoms with Gasteiger partial charge in [0.15, 0.2) is 0 Å². The molecule has 0 saturated heterocycles. The van der Waals surface area contributed by atoms with E-state index in [1.165, 1.54) is 42.6 Å². The fourth-order valence-electron chi connectivity index (χ4n) is 1.58. The first-order chi connectivity index (χ1) is 10.4. The molecule has 7 nitrogen and oxygen atoms in total. The molecule has 0 bridgehead atoms. The van der Waals surface area contributed by atoms with E-state index >= 15 is 0 Å². The van der Waals surface area contributed by atoms with Crippen LogP contribution < -0.4 is 15.6 Å². The average molecular weight is 339 g/mol. The lowest BCUT2D eigenvalue weighted by Gasteiger charge is -2.08. The van der Waals surface area contributed by atoms with Crippen LogP contribution in [0.2, 0.25) is 0 Å². The summed E-state index contributed by atoms with van der Waals surface area (Å²) in [5.41, 5.74) is 4.61. The standard InChI is InChI=1S/C13H13N3O4S2/c1-14-22(19,20)10-5-2-4-9(8-10)12(17)15-16-13(18)11-6-3-7-21-11/h2-8,14H,1H3,(H,15,17)(H,16,18). The van der Waals surface area contributed by atoms with Crippen molar-refractivity contribution in [3.8, 4) is 0 Å². The molecule has 9 heteroatoms. The number of thiophene rings is 1. The van der Waals surface area contributed by atoms with Gasteiger partial charge in [0.1, 0.15) is 0 Å². The van der Waals surface area contributed by atoms with Crippen LogP contribution in [0.4, 0.5) is 0 Å². The van der Waals surface area contributed by atoms with Crippen LogP contribution in [0, 0.1) is 0 Å². The predicted molar refractivity (Wildman–Crippen MR) is 81.9 cm³/mol. The Bertz CT molecular complexity index is 785. The third kappa shape index (κ3) is 3.70. The van der Waals surface area contributed by atoms with Crippen molar-refractivity contribution >= 4 is 33.2 Å². The van der Waals surface area contributed by atoms with Crippen molar-refractivity contribution < 1.29 is 18.0 Å². The Hall–Kier alpha value is -2.23. The first kappa shape index (κ1) is 16.1. The Morgan fingerprint density at radius 3 is 2.41 bits per heavy atom. The second-order valence-electron chi connectivity index (χ2n) is 4.12. The lowest BCUT2D eigenvalue weighted by Crippen LogP contribution is -2.41. The Labute approximate surface area is 131 Å². The van der Waals surface area contributed by atoms with Crippen molar-refractivity contribution in [2.45, 2.75) is 4.90 Å². The highest BCUT2D eigenvalue weighted by molar-refractivity contribution is 7.89. The highest BCUT2D eigenvalue weighted by Crippen LogP contribution is 2.11. The molecule has 0 aliphatic carbocycles. The minimum Gasteiger partial charge on any atom is -0.267 e. The van der Waals surface area contributed by atoms with Crippen LogP contribution in [0.25, 0.3) is 0 Å². The van der Waals surface area contributed by atoms with Crippen molar-refractivity contribution in [2.75, 3.05) is 7.05 Å². The van der Waals surface area contributed by atoms with Gasteiger partial charge in [-0.15, -0.1) is 11.3 Å². The molecule has 2 aromatic rings. The lowest BCUT2D eigenvalue weighted by atomic mass is 10.2. The number of nitrogens with one attached hydrogen (secondary N) is 3. The lowest BCUT2D eigenvalue weighted by molar-refractivity contribution is 0.0849. The molecule has 0 saturated carbocycles. The first-order valence-electron chi connectivity index (χ1n) is 6.12. The quantitative estimate of drug-likeness (QED) is 0.714. The maximum Gasteiger partial charge on any atom is 0.279 e. The van der Waals surface area contributed by atoms with Gasteiger partial charge in [0.25, 0.3) is 11.8 Å². The summed E-state index contributed by atoms with van der Waals surface area (Å²) < 4.78 is 25.5. The maximum absolute atomic E-state index is 11.9. The van der Waals surface area contributed by atoms with Crippen molar-refractivity contribution in [3.63, 3.8) is 0 Å². The summed E-state index contributed by atoms with van der Waals surface area (Å²) >= 11 is 1.24. The van der Waals surface area contributed by atoms with Gasteiger partial charge in [0.05, 0.1) is 9.77 Å². The molecular weight excluding hydrogens is 326 g/mol. The van der Waals surface area contributed by atoms with Gasteiger partial charge >= 0.3 is 0 Å². The summed E-state index contributed by atoms with van der Waals surface area (Å²) in [6.07, 6.45) is 0. The minimum absolute atomic E-state index is 0.0350. The van der Waals surface area contributed by atoms with Crippen LogP contribution in [0.1, 0.15) is 20.0 Å². The van der Waals surface area contributed by atoms with E-state index < -0.39 is 21.8 Å². The molecule has 1 aromatic carbocycles. The number of carbonyl (C=O) groups excluding carboxylic acids is 2. The zero-order valence-corrected chi connectivity index (χ0v) is 13.1. The summed E-state index contributed by atoms with van der Waals surface area (Å²) in [5.74, 6) is -1.06. The highest BCUT2D eigenvalue weighted by atomic mass is 32.2. The number of rotatable bonds is 4. The van der Waals surface area contributed by atoms with Crippen LogP contribution in [0.5, 0.6) is 0 Å². The number of hydrogen-bond donors (Lipinski definition) is 3. The number of hydrazine groups is 1. The molecule has 116 valence electrons. The Morgan fingerprint density at radius 2 is 1.77 bits per heavy atom. The second kappa shape index (κ2) is 6.69. The van der Waals surface area contributed by atoms with E-state index in [2.05, 4.69) is 15.6 Å². The van der Waals surface area contributed by atoms with Gasteiger partial charge in [-0.2, -0.15) is 0 Å². The predicted octanol–water partition coefficient (Wildman–Crippen LogP) is 0.731. The largest absolute Gasteiger partial charge is 0.279 e. The van der Waals surface area contributed by atoms with Gasteiger partial charge in [0, 0.05) is 5.56 Å². The highest BCUT2D eigenvalue weighted by Gasteiger charge is 2.15. The molecule has 0 atom stereocenters. The van der Waals surface area contributed by atoms with Crippen molar-refractivity contribution in [2.24, 2.45) is 0 Å². The summed E-state index contributed by atoms with van der Waals surface area (Å²) in [7, 11) is -2.36. The molecule has 0 spiro atoms. The van der Waals surface area contributed by atoms with Gasteiger partial charge < -0.3 is 0 Å². The van der Waals surface area contributed by atoms with E-state index in [1.807, 2.05) is 0 Å². The average Bonchev–Trinajstić information content (AvgIpc) is 3.07. The minimum atomic E-state index is -3.64. The Balaban J connectivity index is 2.07. The number of sulfonamides is 1. The topological polar surface area (TPSA) is 104 Å². The molecule has 2 rings (SSSR count). The first-order valence-corrected chi connectivity index (χ1v) is 8.48. The number of amides is 2. The van der Waals surface area contributed by atoms with Gasteiger partial charge in [-0.25, -0.2) is 13.1 Å². The molecule has 2 amide bonds. The summed E-state index contributed by atoms with van der Waals surface area (Å²) in [4.78, 5) is 24.1. The van der Waals surface area contributed by atoms with Crippen molar-refractivity contribution in [1.29, 1.82) is 0 Å². The Kier molecular flexibility index (Phi) is 4.91. The smallest absolute Gasteiger partial charge is 0.267 e. The second-order valence-corrected chi connectivity index (χ2v) is 6.96. The van der Waals surface area contributed by atoms with Gasteiger partial charge in [-0.3, -0.25) is 20.4 Å². The monoisotopic (exact) mass is 339 g/mol. The van der Waals surface area contributed by atoms with Crippen LogP contribution in [0.15, 0.2) is 46.7 Å². The summed E-state index contributed by atoms with van der Waals surface area (Å²) in [6, 6.07) is 8.81. The summed E-state index contributed by atoms with van der Waals surface area (Å²) in [5, 5.41) is 1.74. The fraction of sp³-hybridized carbons (Fsp3) is 0.0769. The number of benzene rings is 1. The van der Waals surface area contributed by atoms with Crippen LogP contribution in [-0.2, 0) is 10.0 Å². The SMILES string of the molecule is CNS(=O)(=O)c1cccc(C(=O)NNC(=O)c2cccs2)c1. The normalized spacial score (nSPS) is 11.0. The molecule has 1 aromatic heterocycles. The van der Waals surface area contributed by atoms with E-state index in [4.69, 9.17) is 0 Å². The number of carbonyl (C=O) groups is 2. The number of hydrogen-bond acceptors (Lipinski definition) is 5. The molecule has 3 N–H and O–H groups in total. The molecule has 0 aliphatic rings. The van der Waals surface area contributed by atoms with E-state index in [0.29, 0.717) is 4.88 Å². The van der Waals surface area contributed by atoms with E-state index in [0.717, 1.165) is 0 Å². The third-order valence-electron chi connectivity index (χ3n) is 2.71. The molecule has 0 fully saturated rings. The van der Waals surface area contributed by atoms with Gasteiger partial charge in [-0.1, -0.05) is 12.1 Å². The van der Waals surface area contributed by atoms with Crippen LogP contribution in [-0.4, -0.2) is 27.3 Å². The molecule has 0 radical (unpaired) electrons. The molecule has 1 heterocycles. The third-order valence-corrected chi connectivity index (χ3v) is 4.99. The fourth-order valence-corrected chi connectivity index (χ4v) is 2.97. The maximum atomic E-state index is 11.9. The van der Waals surface area contributed by atoms with E-state index in [9.17, 15) is 18.0 Å².